The van der Waals surface area contributed by atoms with Gasteiger partial charge in [-0.25, -0.2) is 19.9 Å². The van der Waals surface area contributed by atoms with Crippen molar-refractivity contribution in [3.05, 3.63) is 71.8 Å². The van der Waals surface area contributed by atoms with Gasteiger partial charge in [-0.3, -0.25) is 39.1 Å². The number of ketones is 4. The van der Waals surface area contributed by atoms with Crippen molar-refractivity contribution >= 4 is 115 Å². The molecule has 0 fully saturated rings. The molecule has 0 aliphatic carbocycles. The lowest BCUT2D eigenvalue weighted by Crippen LogP contribution is -2.31. The van der Waals surface area contributed by atoms with Gasteiger partial charge in [0.25, 0.3) is 0 Å². The van der Waals surface area contributed by atoms with E-state index >= 15 is 0 Å². The van der Waals surface area contributed by atoms with Crippen LogP contribution in [0.25, 0.3) is 0 Å². The smallest absolute Gasteiger partial charge is 0.373 e. The number of pyridine rings is 4. The zero-order chi connectivity index (χ0) is 64.2. The Hall–Kier alpha value is -8.72. The number of aromatic nitrogens is 4. The van der Waals surface area contributed by atoms with Crippen molar-refractivity contribution in [2.24, 2.45) is 20.0 Å². The summed E-state index contributed by atoms with van der Waals surface area (Å²) >= 11 is 5.70. The molecule has 4 atom stereocenters. The standard InChI is InChI=1S/4C12H14N2O3S.4CO2.CH4/c4*1-7(15)12(2)6-18-11(14-12)10-9(16)4-8(17-3)5-13-10;4*2-1-3;/h4*4-5,16H,6H2,1-3H3;;;;;1H4/t4*12-;;;;;/m1111...../s1. The first-order valence-electron chi connectivity index (χ1n) is 23.4. The number of hydrogen-bond acceptors (Lipinski definition) is 32. The molecule has 456 valence electrons. The van der Waals surface area contributed by atoms with E-state index in [4.69, 9.17) is 57.3 Å². The normalized spacial score (nSPS) is 19.6. The molecule has 0 radical (unpaired) electrons. The molecule has 4 aromatic heterocycles. The summed E-state index contributed by atoms with van der Waals surface area (Å²) in [6, 6.07) is 5.92. The third-order valence-electron chi connectivity index (χ3n) is 11.5. The van der Waals surface area contributed by atoms with Crippen LogP contribution in [0.15, 0.2) is 69.0 Å². The second kappa shape index (κ2) is 36.1. The van der Waals surface area contributed by atoms with Crippen molar-refractivity contribution in [1.82, 2.24) is 19.9 Å². The van der Waals surface area contributed by atoms with Gasteiger partial charge in [-0.15, -0.1) is 47.0 Å². The number of Topliss-reactive ketones (excluding diaryl/α,β-unsaturated/α-hetero) is 4. The molecule has 4 aliphatic heterocycles. The second-order valence-electron chi connectivity index (χ2n) is 17.4. The Kier molecular flexibility index (Phi) is 32.4. The van der Waals surface area contributed by atoms with Crippen molar-refractivity contribution in [3.63, 3.8) is 0 Å². The molecule has 85 heavy (non-hydrogen) atoms. The van der Waals surface area contributed by atoms with Gasteiger partial charge in [-0.1, -0.05) is 7.43 Å². The highest BCUT2D eigenvalue weighted by molar-refractivity contribution is 8.15. The van der Waals surface area contributed by atoms with Crippen molar-refractivity contribution in [2.75, 3.05) is 51.5 Å². The number of carbonyl (C=O) groups is 4. The van der Waals surface area contributed by atoms with Crippen LogP contribution in [0.3, 0.4) is 0 Å². The minimum absolute atomic E-state index is 0. The third-order valence-corrected chi connectivity index (χ3v) is 16.6. The van der Waals surface area contributed by atoms with Gasteiger partial charge in [0.05, 0.1) is 53.2 Å². The van der Waals surface area contributed by atoms with Crippen LogP contribution in [0, 0.1) is 0 Å². The van der Waals surface area contributed by atoms with Crippen molar-refractivity contribution in [3.8, 4) is 46.0 Å². The van der Waals surface area contributed by atoms with Crippen molar-refractivity contribution in [2.45, 2.75) is 85.0 Å². The molecule has 4 N–H and O–H groups in total. The van der Waals surface area contributed by atoms with Crippen LogP contribution < -0.4 is 18.9 Å². The lowest BCUT2D eigenvalue weighted by molar-refractivity contribution is -0.193. The molecule has 8 rings (SSSR count). The Morgan fingerprint density at radius 3 is 0.647 bits per heavy atom. The summed E-state index contributed by atoms with van der Waals surface area (Å²) in [5.74, 6) is 4.30. The molecule has 32 heteroatoms. The molecule has 28 nitrogen and oxygen atoms in total. The van der Waals surface area contributed by atoms with E-state index in [-0.39, 0.29) is 78.2 Å². The summed E-state index contributed by atoms with van der Waals surface area (Å²) in [4.78, 5) is 145. The average Bonchev–Trinajstić information content (AvgIpc) is 4.03. The summed E-state index contributed by atoms with van der Waals surface area (Å²) in [5, 5.41) is 41.8. The van der Waals surface area contributed by atoms with E-state index in [9.17, 15) is 39.6 Å². The van der Waals surface area contributed by atoms with Crippen LogP contribution in [0.2, 0.25) is 0 Å². The zero-order valence-corrected chi connectivity index (χ0v) is 50.2. The Morgan fingerprint density at radius 2 is 0.541 bits per heavy atom. The number of nitrogens with zero attached hydrogens (tertiary/aromatic N) is 8. The van der Waals surface area contributed by atoms with E-state index in [1.807, 2.05) is 0 Å². The molecular weight excluding hydrogens is 1200 g/mol. The highest BCUT2D eigenvalue weighted by Crippen LogP contribution is 2.38. The van der Waals surface area contributed by atoms with Crippen LogP contribution in [-0.4, -0.2) is 182 Å². The summed E-state index contributed by atoms with van der Waals surface area (Å²) in [5.41, 5.74) is -1.28. The molecular formula is C53H60N8O20S4. The molecule has 0 bridgehead atoms. The Labute approximate surface area is 503 Å². The molecule has 0 aromatic carbocycles. The fraction of sp³-hybridized carbons (Fsp3) is 0.396. The highest BCUT2D eigenvalue weighted by Gasteiger charge is 2.40. The van der Waals surface area contributed by atoms with Crippen LogP contribution in [0.5, 0.6) is 46.0 Å². The van der Waals surface area contributed by atoms with Crippen LogP contribution in [0.1, 0.15) is 85.6 Å². The summed E-state index contributed by atoms with van der Waals surface area (Å²) in [6.07, 6.45) is 7.06. The Morgan fingerprint density at radius 1 is 0.388 bits per heavy atom. The number of thioether (sulfide) groups is 4. The number of aromatic hydroxyl groups is 4. The first-order valence-corrected chi connectivity index (χ1v) is 27.3. The monoisotopic (exact) mass is 1260 g/mol. The topological polar surface area (TPSA) is 424 Å². The van der Waals surface area contributed by atoms with E-state index < -0.39 is 22.2 Å². The van der Waals surface area contributed by atoms with Crippen molar-refractivity contribution < 1.29 is 96.9 Å². The first kappa shape index (κ1) is 76.3. The number of ether oxygens (including phenoxy) is 4. The predicted octanol–water partition coefficient (Wildman–Crippen LogP) is 4.85. The summed E-state index contributed by atoms with van der Waals surface area (Å²) in [7, 11) is 6.02. The van der Waals surface area contributed by atoms with Gasteiger partial charge in [-0.05, 0) is 55.4 Å². The number of rotatable bonds is 12. The fourth-order valence-electron chi connectivity index (χ4n) is 6.04. The van der Waals surface area contributed by atoms with E-state index in [1.165, 1.54) is 152 Å². The first-order chi connectivity index (χ1) is 39.5. The minimum Gasteiger partial charge on any atom is -0.505 e. The molecule has 4 aliphatic rings. The predicted molar refractivity (Wildman–Crippen MR) is 309 cm³/mol. The lowest BCUT2D eigenvalue weighted by Gasteiger charge is -2.13. The van der Waals surface area contributed by atoms with Gasteiger partial charge in [0, 0.05) is 47.3 Å². The maximum Gasteiger partial charge on any atom is 0.373 e. The van der Waals surface area contributed by atoms with E-state index in [0.717, 1.165) is 0 Å². The third kappa shape index (κ3) is 22.1. The van der Waals surface area contributed by atoms with Gasteiger partial charge in [0.15, 0.2) is 23.1 Å². The second-order valence-corrected chi connectivity index (χ2v) is 21.3. The minimum atomic E-state index is -0.714. The maximum absolute atomic E-state index is 11.5. The number of methoxy groups -OCH3 is 4. The summed E-state index contributed by atoms with van der Waals surface area (Å²) < 4.78 is 19.9. The summed E-state index contributed by atoms with van der Waals surface area (Å²) in [6.45, 7) is 13.2. The van der Waals surface area contributed by atoms with Crippen LogP contribution in [0.4, 0.5) is 0 Å². The molecule has 0 amide bonds. The Bertz CT molecular complexity index is 2870. The number of aliphatic imine (C=N–C) groups is 4. The average molecular weight is 1260 g/mol. The zero-order valence-electron chi connectivity index (χ0n) is 47.0. The van der Waals surface area contributed by atoms with Gasteiger partial charge >= 0.3 is 24.6 Å². The van der Waals surface area contributed by atoms with E-state index in [0.29, 0.717) is 89.0 Å². The Balaban J connectivity index is 0.00000103. The highest BCUT2D eigenvalue weighted by atomic mass is 32.2. The molecule has 0 saturated carbocycles. The molecule has 8 heterocycles. The molecule has 4 aromatic rings. The fourth-order valence-corrected chi connectivity index (χ4v) is 11.0. The lowest BCUT2D eigenvalue weighted by atomic mass is 10.0. The SMILES string of the molecule is C.COc1cnc(C2=N[C@@](C)(C(C)=O)CS2)c(O)c1.COc1cnc(C2=N[C@@](C)(C(C)=O)CS2)c(O)c1.COc1cnc(C2=N[C@@](C)(C(C)=O)CS2)c(O)c1.COc1cnc(C2=N[C@@](C)(C(C)=O)CS2)c(O)c1.O=C=O.O=C=O.O=C=O.O=C=O. The van der Waals surface area contributed by atoms with Gasteiger partial charge < -0.3 is 39.4 Å². The quantitative estimate of drug-likeness (QED) is 0.147. The number of carbonyl (C=O) groups excluding carboxylic acids is 12. The maximum atomic E-state index is 11.5. The molecule has 0 saturated heterocycles. The molecule has 0 unspecified atom stereocenters. The van der Waals surface area contributed by atoms with E-state index in [1.54, 1.807) is 27.7 Å². The van der Waals surface area contributed by atoms with Crippen molar-refractivity contribution in [1.29, 1.82) is 0 Å². The van der Waals surface area contributed by atoms with Gasteiger partial charge in [-0.2, -0.15) is 38.4 Å². The van der Waals surface area contributed by atoms with Gasteiger partial charge in [0.1, 0.15) is 111 Å². The van der Waals surface area contributed by atoms with E-state index in [2.05, 4.69) is 39.9 Å². The van der Waals surface area contributed by atoms with Gasteiger partial charge in [0.2, 0.25) is 0 Å². The number of hydrogen-bond donors (Lipinski definition) is 4. The molecule has 0 spiro atoms. The van der Waals surface area contributed by atoms with Crippen LogP contribution in [-0.2, 0) is 57.5 Å². The largest absolute Gasteiger partial charge is 0.505 e. The van der Waals surface area contributed by atoms with Crippen LogP contribution >= 0.6 is 47.0 Å².